The highest BCUT2D eigenvalue weighted by Crippen LogP contribution is 2.37. The summed E-state index contributed by atoms with van der Waals surface area (Å²) in [6, 6.07) is 1.46. The van der Waals surface area contributed by atoms with E-state index in [1.807, 2.05) is 0 Å². The Labute approximate surface area is 74.8 Å². The molecule has 0 saturated heterocycles. The van der Waals surface area contributed by atoms with Gasteiger partial charge >= 0.3 is 4.83 Å². The summed E-state index contributed by atoms with van der Waals surface area (Å²) >= 11 is 3.36. The molecule has 0 aliphatic heterocycles. The molecule has 1 atom stereocenters. The van der Waals surface area contributed by atoms with E-state index >= 15 is 0 Å². The summed E-state index contributed by atoms with van der Waals surface area (Å²) in [5.74, 6) is 0. The van der Waals surface area contributed by atoms with E-state index in [1.165, 1.54) is 22.8 Å². The van der Waals surface area contributed by atoms with Crippen molar-refractivity contribution >= 4 is 27.3 Å². The maximum absolute atomic E-state index is 12.4. The van der Waals surface area contributed by atoms with Gasteiger partial charge in [-0.15, -0.1) is 0 Å². The summed E-state index contributed by atoms with van der Waals surface area (Å²) in [6.45, 7) is 0. The third-order valence-electron chi connectivity index (χ3n) is 1.17. The van der Waals surface area contributed by atoms with Crippen LogP contribution in [-0.2, 0) is 0 Å². The van der Waals surface area contributed by atoms with Crippen LogP contribution in [-0.4, -0.2) is 9.94 Å². The molecule has 1 N–H and O–H groups in total. The molecule has 5 heteroatoms. The van der Waals surface area contributed by atoms with E-state index in [9.17, 15) is 8.78 Å². The number of aliphatic hydroxyl groups excluding tert-OH is 1. The molecule has 1 unspecified atom stereocenters. The minimum absolute atomic E-state index is 0.233. The number of rotatable bonds is 2. The lowest BCUT2D eigenvalue weighted by atomic mass is 10.2. The van der Waals surface area contributed by atoms with Crippen LogP contribution in [0.15, 0.2) is 16.8 Å². The maximum atomic E-state index is 12.4. The molecule has 0 spiro atoms. The first kappa shape index (κ1) is 9.09. The topological polar surface area (TPSA) is 20.2 Å². The van der Waals surface area contributed by atoms with Gasteiger partial charge in [0.15, 0.2) is 6.10 Å². The highest BCUT2D eigenvalue weighted by molar-refractivity contribution is 9.10. The summed E-state index contributed by atoms with van der Waals surface area (Å²) < 4.78 is 24.7. The van der Waals surface area contributed by atoms with Crippen LogP contribution in [0.4, 0.5) is 8.78 Å². The van der Waals surface area contributed by atoms with Gasteiger partial charge in [-0.25, -0.2) is 0 Å². The van der Waals surface area contributed by atoms with Crippen molar-refractivity contribution in [3.05, 3.63) is 22.4 Å². The molecule has 0 saturated carbocycles. The Morgan fingerprint density at radius 2 is 2.27 bits per heavy atom. The minimum Gasteiger partial charge on any atom is -0.381 e. The number of alkyl halides is 3. The Balaban J connectivity index is 2.78. The van der Waals surface area contributed by atoms with Gasteiger partial charge in [0.25, 0.3) is 0 Å². The Hall–Kier alpha value is -0.000000000000000111. The first-order valence-corrected chi connectivity index (χ1v) is 4.52. The van der Waals surface area contributed by atoms with Gasteiger partial charge in [0.05, 0.1) is 0 Å². The van der Waals surface area contributed by atoms with Crippen molar-refractivity contribution in [3.63, 3.8) is 0 Å². The Kier molecular flexibility index (Phi) is 2.61. The normalized spacial score (nSPS) is 14.9. The molecule has 62 valence electrons. The predicted molar refractivity (Wildman–Crippen MR) is 43.2 cm³/mol. The molecule has 0 bridgehead atoms. The Morgan fingerprint density at radius 3 is 2.64 bits per heavy atom. The van der Waals surface area contributed by atoms with E-state index in [0.29, 0.717) is 0 Å². The van der Waals surface area contributed by atoms with Crippen molar-refractivity contribution in [1.29, 1.82) is 0 Å². The molecule has 1 aromatic heterocycles. The molecule has 0 amide bonds. The molecule has 0 aliphatic carbocycles. The second kappa shape index (κ2) is 3.16. The molecule has 0 fully saturated rings. The van der Waals surface area contributed by atoms with Crippen LogP contribution in [0.3, 0.4) is 0 Å². The first-order valence-electron chi connectivity index (χ1n) is 2.78. The van der Waals surface area contributed by atoms with Gasteiger partial charge in [-0.3, -0.25) is 0 Å². The van der Waals surface area contributed by atoms with E-state index < -0.39 is 10.9 Å². The fourth-order valence-corrected chi connectivity index (χ4v) is 1.56. The fraction of sp³-hybridized carbons (Fsp3) is 0.333. The zero-order valence-electron chi connectivity index (χ0n) is 5.30. The van der Waals surface area contributed by atoms with Crippen molar-refractivity contribution in [1.82, 2.24) is 0 Å². The van der Waals surface area contributed by atoms with Crippen LogP contribution in [0.2, 0.25) is 0 Å². The lowest BCUT2D eigenvalue weighted by Gasteiger charge is -2.14. The summed E-state index contributed by atoms with van der Waals surface area (Å²) in [7, 11) is 0. The van der Waals surface area contributed by atoms with Crippen molar-refractivity contribution in [3.8, 4) is 0 Å². The third kappa shape index (κ3) is 2.21. The van der Waals surface area contributed by atoms with Gasteiger partial charge < -0.3 is 5.11 Å². The monoisotopic (exact) mass is 242 g/mol. The SMILES string of the molecule is OC(c1ccsc1)C(F)(F)Br. The zero-order valence-corrected chi connectivity index (χ0v) is 7.70. The zero-order chi connectivity index (χ0) is 8.48. The third-order valence-corrected chi connectivity index (χ3v) is 2.30. The van der Waals surface area contributed by atoms with Gasteiger partial charge in [-0.05, 0) is 38.3 Å². The number of thiophene rings is 1. The average Bonchev–Trinajstić information content (AvgIpc) is 2.34. The second-order valence-electron chi connectivity index (χ2n) is 2.00. The summed E-state index contributed by atoms with van der Waals surface area (Å²) in [5.41, 5.74) is 0.233. The molecule has 1 rings (SSSR count). The van der Waals surface area contributed by atoms with E-state index in [4.69, 9.17) is 5.11 Å². The maximum Gasteiger partial charge on any atom is 0.330 e. The molecule has 1 nitrogen and oxygen atoms in total. The van der Waals surface area contributed by atoms with Gasteiger partial charge in [0.1, 0.15) is 0 Å². The molecule has 0 aliphatic rings. The van der Waals surface area contributed by atoms with E-state index in [0.717, 1.165) is 0 Å². The van der Waals surface area contributed by atoms with Gasteiger partial charge in [-0.2, -0.15) is 20.1 Å². The summed E-state index contributed by atoms with van der Waals surface area (Å²) in [4.78, 5) is -3.24. The van der Waals surface area contributed by atoms with Gasteiger partial charge in [0.2, 0.25) is 0 Å². The molecule has 0 radical (unpaired) electrons. The van der Waals surface area contributed by atoms with Gasteiger partial charge in [0, 0.05) is 0 Å². The average molecular weight is 243 g/mol. The number of aliphatic hydroxyl groups is 1. The largest absolute Gasteiger partial charge is 0.381 e. The lowest BCUT2D eigenvalue weighted by Crippen LogP contribution is -2.17. The van der Waals surface area contributed by atoms with Gasteiger partial charge in [-0.1, -0.05) is 0 Å². The molecule has 0 aromatic carbocycles. The molecule has 1 heterocycles. The lowest BCUT2D eigenvalue weighted by molar-refractivity contribution is -0.0292. The smallest absolute Gasteiger partial charge is 0.330 e. The second-order valence-corrected chi connectivity index (χ2v) is 3.84. The number of halogens is 3. The highest BCUT2D eigenvalue weighted by atomic mass is 79.9. The molecular weight excluding hydrogens is 238 g/mol. The van der Waals surface area contributed by atoms with Crippen LogP contribution in [0, 0.1) is 0 Å². The van der Waals surface area contributed by atoms with E-state index in [-0.39, 0.29) is 5.56 Å². The quantitative estimate of drug-likeness (QED) is 0.792. The molecular formula is C6H5BrF2OS. The number of hydrogen-bond donors (Lipinski definition) is 1. The molecule has 11 heavy (non-hydrogen) atoms. The fourth-order valence-electron chi connectivity index (χ4n) is 0.620. The summed E-state index contributed by atoms with van der Waals surface area (Å²) in [5, 5.41) is 12.1. The van der Waals surface area contributed by atoms with Crippen molar-refractivity contribution in [2.75, 3.05) is 0 Å². The number of hydrogen-bond acceptors (Lipinski definition) is 2. The van der Waals surface area contributed by atoms with Crippen LogP contribution < -0.4 is 0 Å². The van der Waals surface area contributed by atoms with Crippen LogP contribution in [0.25, 0.3) is 0 Å². The van der Waals surface area contributed by atoms with Crippen molar-refractivity contribution in [2.45, 2.75) is 10.9 Å². The van der Waals surface area contributed by atoms with E-state index in [1.54, 1.807) is 5.38 Å². The highest BCUT2D eigenvalue weighted by Gasteiger charge is 2.36. The Bertz CT molecular complexity index is 219. The minimum atomic E-state index is -3.24. The van der Waals surface area contributed by atoms with Crippen LogP contribution in [0.1, 0.15) is 11.7 Å². The van der Waals surface area contributed by atoms with Crippen LogP contribution >= 0.6 is 27.3 Å². The van der Waals surface area contributed by atoms with Crippen LogP contribution in [0.5, 0.6) is 0 Å². The summed E-state index contributed by atoms with van der Waals surface area (Å²) in [6.07, 6.45) is -1.76. The van der Waals surface area contributed by atoms with E-state index in [2.05, 4.69) is 15.9 Å². The first-order chi connectivity index (χ1) is 5.02. The predicted octanol–water partition coefficient (Wildman–Crippen LogP) is 2.77. The molecule has 1 aromatic rings. The standard InChI is InChI=1S/C6H5BrF2OS/c7-6(8,9)5(10)4-1-2-11-3-4/h1-3,5,10H. The Morgan fingerprint density at radius 1 is 1.64 bits per heavy atom. The van der Waals surface area contributed by atoms with Crippen molar-refractivity contribution < 1.29 is 13.9 Å². The van der Waals surface area contributed by atoms with Crippen molar-refractivity contribution in [2.24, 2.45) is 0 Å².